The molecule has 0 radical (unpaired) electrons. The standard InChI is InChI=1S/C11H17NO3S/c1-5-15-8(11(2,3)4)9-12-7(6-16-9)10(13)14/h6,8H,5H2,1-4H3,(H,13,14). The van der Waals surface area contributed by atoms with Crippen molar-refractivity contribution in [3.05, 3.63) is 16.1 Å². The average molecular weight is 243 g/mol. The highest BCUT2D eigenvalue weighted by Crippen LogP contribution is 2.37. The molecule has 0 amide bonds. The van der Waals surface area contributed by atoms with Gasteiger partial charge in [0, 0.05) is 12.0 Å². The highest BCUT2D eigenvalue weighted by Gasteiger charge is 2.29. The molecule has 0 aliphatic heterocycles. The van der Waals surface area contributed by atoms with Crippen LogP contribution in [0.4, 0.5) is 0 Å². The number of aromatic nitrogens is 1. The summed E-state index contributed by atoms with van der Waals surface area (Å²) in [6.45, 7) is 8.66. The SMILES string of the molecule is CCOC(c1nc(C(=O)O)cs1)C(C)(C)C. The van der Waals surface area contributed by atoms with Crippen LogP contribution in [-0.4, -0.2) is 22.7 Å². The number of rotatable bonds is 4. The molecular weight excluding hydrogens is 226 g/mol. The second-order valence-electron chi connectivity index (χ2n) is 4.58. The summed E-state index contributed by atoms with van der Waals surface area (Å²) in [5.74, 6) is -0.994. The highest BCUT2D eigenvalue weighted by atomic mass is 32.1. The van der Waals surface area contributed by atoms with Crippen LogP contribution in [0.1, 0.15) is 49.3 Å². The Morgan fingerprint density at radius 3 is 2.62 bits per heavy atom. The molecule has 16 heavy (non-hydrogen) atoms. The van der Waals surface area contributed by atoms with Crippen molar-refractivity contribution < 1.29 is 14.6 Å². The van der Waals surface area contributed by atoms with E-state index in [4.69, 9.17) is 9.84 Å². The largest absolute Gasteiger partial charge is 0.476 e. The van der Waals surface area contributed by atoms with Gasteiger partial charge in [-0.2, -0.15) is 0 Å². The number of hydrogen-bond donors (Lipinski definition) is 1. The first-order chi connectivity index (χ1) is 7.36. The molecule has 0 saturated carbocycles. The van der Waals surface area contributed by atoms with E-state index in [-0.39, 0.29) is 17.2 Å². The van der Waals surface area contributed by atoms with E-state index < -0.39 is 5.97 Å². The Kier molecular flexibility index (Phi) is 4.04. The Hall–Kier alpha value is -0.940. The Balaban J connectivity index is 2.97. The van der Waals surface area contributed by atoms with Crippen molar-refractivity contribution in [1.29, 1.82) is 0 Å². The second kappa shape index (κ2) is 4.93. The topological polar surface area (TPSA) is 59.4 Å². The van der Waals surface area contributed by atoms with E-state index in [0.717, 1.165) is 5.01 Å². The fraction of sp³-hybridized carbons (Fsp3) is 0.636. The molecular formula is C11H17NO3S. The lowest BCUT2D eigenvalue weighted by Gasteiger charge is -2.28. The highest BCUT2D eigenvalue weighted by molar-refractivity contribution is 7.09. The Morgan fingerprint density at radius 1 is 1.62 bits per heavy atom. The predicted molar refractivity (Wildman–Crippen MR) is 62.9 cm³/mol. The van der Waals surface area contributed by atoms with Crippen LogP contribution in [0.3, 0.4) is 0 Å². The van der Waals surface area contributed by atoms with Crippen molar-refractivity contribution in [3.8, 4) is 0 Å². The zero-order valence-corrected chi connectivity index (χ0v) is 10.8. The molecule has 4 nitrogen and oxygen atoms in total. The first-order valence-electron chi connectivity index (χ1n) is 5.16. The van der Waals surface area contributed by atoms with Gasteiger partial charge in [0.25, 0.3) is 0 Å². The summed E-state index contributed by atoms with van der Waals surface area (Å²) in [5, 5.41) is 11.1. The van der Waals surface area contributed by atoms with Gasteiger partial charge < -0.3 is 9.84 Å². The molecule has 0 aromatic carbocycles. The molecule has 1 unspecified atom stereocenters. The zero-order valence-electron chi connectivity index (χ0n) is 9.98. The Morgan fingerprint density at radius 2 is 2.25 bits per heavy atom. The predicted octanol–water partition coefficient (Wildman–Crippen LogP) is 2.97. The van der Waals surface area contributed by atoms with Gasteiger partial charge in [0.15, 0.2) is 5.69 Å². The number of hydrogen-bond acceptors (Lipinski definition) is 4. The number of carboxylic acids is 1. The summed E-state index contributed by atoms with van der Waals surface area (Å²) in [6.07, 6.45) is -0.157. The maximum Gasteiger partial charge on any atom is 0.355 e. The van der Waals surface area contributed by atoms with Gasteiger partial charge >= 0.3 is 5.97 Å². The van der Waals surface area contributed by atoms with Crippen molar-refractivity contribution in [2.75, 3.05) is 6.61 Å². The van der Waals surface area contributed by atoms with Gasteiger partial charge in [0.1, 0.15) is 11.1 Å². The molecule has 90 valence electrons. The number of ether oxygens (including phenoxy) is 1. The molecule has 0 aliphatic rings. The molecule has 0 bridgehead atoms. The third-order valence-electron chi connectivity index (χ3n) is 2.09. The summed E-state index contributed by atoms with van der Waals surface area (Å²) >= 11 is 1.34. The number of carbonyl (C=O) groups is 1. The molecule has 1 aromatic heterocycles. The zero-order chi connectivity index (χ0) is 12.3. The maximum atomic E-state index is 10.7. The van der Waals surface area contributed by atoms with Crippen molar-refractivity contribution in [3.63, 3.8) is 0 Å². The first kappa shape index (κ1) is 13.1. The normalized spacial score (nSPS) is 13.8. The molecule has 1 rings (SSSR count). The number of aromatic carboxylic acids is 1. The van der Waals surface area contributed by atoms with Gasteiger partial charge in [-0.1, -0.05) is 20.8 Å². The van der Waals surface area contributed by atoms with Crippen molar-refractivity contribution in [2.45, 2.75) is 33.8 Å². The van der Waals surface area contributed by atoms with Gasteiger partial charge in [-0.15, -0.1) is 11.3 Å². The van der Waals surface area contributed by atoms with Crippen LogP contribution in [0.5, 0.6) is 0 Å². The Bertz CT molecular complexity index is 368. The summed E-state index contributed by atoms with van der Waals surface area (Å²) in [4.78, 5) is 14.8. The van der Waals surface area contributed by atoms with Gasteiger partial charge in [0.05, 0.1) is 0 Å². The van der Waals surface area contributed by atoms with Crippen LogP contribution in [0.25, 0.3) is 0 Å². The van der Waals surface area contributed by atoms with Crippen LogP contribution in [0.15, 0.2) is 5.38 Å². The molecule has 1 atom stereocenters. The van der Waals surface area contributed by atoms with E-state index in [0.29, 0.717) is 6.61 Å². The van der Waals surface area contributed by atoms with Gasteiger partial charge in [-0.3, -0.25) is 0 Å². The lowest BCUT2D eigenvalue weighted by atomic mass is 9.89. The summed E-state index contributed by atoms with van der Waals surface area (Å²) in [7, 11) is 0. The Labute approximate surface area is 99.3 Å². The minimum Gasteiger partial charge on any atom is -0.476 e. The van der Waals surface area contributed by atoms with Gasteiger partial charge in [-0.05, 0) is 12.3 Å². The van der Waals surface area contributed by atoms with Crippen LogP contribution in [0, 0.1) is 5.41 Å². The molecule has 0 fully saturated rings. The fourth-order valence-corrected chi connectivity index (χ4v) is 2.45. The van der Waals surface area contributed by atoms with E-state index in [1.54, 1.807) is 5.38 Å². The maximum absolute atomic E-state index is 10.7. The monoisotopic (exact) mass is 243 g/mol. The van der Waals surface area contributed by atoms with Crippen LogP contribution < -0.4 is 0 Å². The molecule has 0 aliphatic carbocycles. The second-order valence-corrected chi connectivity index (χ2v) is 5.47. The molecule has 5 heteroatoms. The van der Waals surface area contributed by atoms with Crippen molar-refractivity contribution in [1.82, 2.24) is 4.98 Å². The minimum atomic E-state index is -0.994. The molecule has 0 saturated heterocycles. The number of nitrogens with zero attached hydrogens (tertiary/aromatic N) is 1. The van der Waals surface area contributed by atoms with Gasteiger partial charge in [0.2, 0.25) is 0 Å². The van der Waals surface area contributed by atoms with Crippen LogP contribution >= 0.6 is 11.3 Å². The van der Waals surface area contributed by atoms with E-state index in [2.05, 4.69) is 25.8 Å². The van der Waals surface area contributed by atoms with Crippen molar-refractivity contribution >= 4 is 17.3 Å². The van der Waals surface area contributed by atoms with Crippen molar-refractivity contribution in [2.24, 2.45) is 5.41 Å². The van der Waals surface area contributed by atoms with Crippen LogP contribution in [0.2, 0.25) is 0 Å². The van der Waals surface area contributed by atoms with Crippen LogP contribution in [-0.2, 0) is 4.74 Å². The third kappa shape index (κ3) is 3.02. The fourth-order valence-electron chi connectivity index (χ4n) is 1.36. The van der Waals surface area contributed by atoms with E-state index >= 15 is 0 Å². The summed E-state index contributed by atoms with van der Waals surface area (Å²) in [6, 6.07) is 0. The molecule has 1 N–H and O–H groups in total. The third-order valence-corrected chi connectivity index (χ3v) is 2.97. The summed E-state index contributed by atoms with van der Waals surface area (Å²) in [5.41, 5.74) is -0.00199. The van der Waals surface area contributed by atoms with E-state index in [1.807, 2.05) is 6.92 Å². The van der Waals surface area contributed by atoms with E-state index in [1.165, 1.54) is 11.3 Å². The minimum absolute atomic E-state index is 0.0916. The molecule has 1 heterocycles. The van der Waals surface area contributed by atoms with E-state index in [9.17, 15) is 4.79 Å². The summed E-state index contributed by atoms with van der Waals surface area (Å²) < 4.78 is 5.64. The molecule has 0 spiro atoms. The first-order valence-corrected chi connectivity index (χ1v) is 6.04. The lowest BCUT2D eigenvalue weighted by molar-refractivity contribution is -0.0134. The quantitative estimate of drug-likeness (QED) is 0.883. The van der Waals surface area contributed by atoms with Gasteiger partial charge in [-0.25, -0.2) is 9.78 Å². The smallest absolute Gasteiger partial charge is 0.355 e. The lowest BCUT2D eigenvalue weighted by Crippen LogP contribution is -2.21. The number of carboxylic acid groups (broad SMARTS) is 1. The molecule has 1 aromatic rings. The number of thiazole rings is 1. The average Bonchev–Trinajstić information content (AvgIpc) is 2.60.